The number of methoxy groups -OCH3 is 1. The zero-order valence-corrected chi connectivity index (χ0v) is 39.4. The molecule has 0 N–H and O–H groups in total. The molecule has 1 unspecified atom stereocenters. The molecule has 2 heterocycles. The molecule has 2 fully saturated rings. The largest absolute Gasteiger partial charge is 0.513 e. The molecule has 4 aromatic rings. The Morgan fingerprint density at radius 1 is 0.472 bits per heavy atom. The number of unbranched alkanes of at least 4 members (excludes halogenated alkanes) is 2. The van der Waals surface area contributed by atoms with E-state index in [4.69, 9.17) is 52.1 Å². The number of carbonyl (C=O) groups excluding carboxylic acids is 8. The van der Waals surface area contributed by atoms with Gasteiger partial charge in [0.25, 0.3) is 0 Å². The first-order valence-corrected chi connectivity index (χ1v) is 22.4. The van der Waals surface area contributed by atoms with Crippen LogP contribution >= 0.6 is 0 Å². The van der Waals surface area contributed by atoms with Gasteiger partial charge >= 0.3 is 48.1 Å². The van der Waals surface area contributed by atoms with E-state index < -0.39 is 72.5 Å². The van der Waals surface area contributed by atoms with Crippen molar-refractivity contribution < 1.29 is 95.2 Å². The quantitative estimate of drug-likeness (QED) is 0.0198. The minimum Gasteiger partial charge on any atom is -0.465 e. The van der Waals surface area contributed by atoms with Crippen molar-refractivity contribution in [2.24, 2.45) is 0 Å². The van der Waals surface area contributed by atoms with Gasteiger partial charge in [-0.15, -0.1) is 0 Å². The molecule has 2 aliphatic heterocycles. The van der Waals surface area contributed by atoms with Gasteiger partial charge in [0.1, 0.15) is 29.5 Å². The van der Waals surface area contributed by atoms with Crippen LogP contribution < -0.4 is 14.2 Å². The zero-order valence-electron chi connectivity index (χ0n) is 39.4. The van der Waals surface area contributed by atoms with Crippen LogP contribution in [-0.4, -0.2) is 119 Å². The molecular formula is C52H52O20. The van der Waals surface area contributed by atoms with Crippen LogP contribution in [-0.2, 0) is 52.2 Å². The average molecular weight is 997 g/mol. The van der Waals surface area contributed by atoms with Crippen LogP contribution in [0.1, 0.15) is 72.7 Å². The molecule has 0 saturated carbocycles. The summed E-state index contributed by atoms with van der Waals surface area (Å²) in [6.07, 6.45) is -0.0637. The molecule has 6 rings (SSSR count). The van der Waals surface area contributed by atoms with Crippen LogP contribution in [0.2, 0.25) is 0 Å². The molecule has 4 atom stereocenters. The monoisotopic (exact) mass is 996 g/mol. The summed E-state index contributed by atoms with van der Waals surface area (Å²) in [4.78, 5) is 94.4. The highest BCUT2D eigenvalue weighted by atomic mass is 16.7. The van der Waals surface area contributed by atoms with Crippen molar-refractivity contribution >= 4 is 48.1 Å². The summed E-state index contributed by atoms with van der Waals surface area (Å²) in [5.74, 6) is -2.67. The van der Waals surface area contributed by atoms with Crippen molar-refractivity contribution in [1.82, 2.24) is 0 Å². The summed E-state index contributed by atoms with van der Waals surface area (Å²) in [6, 6.07) is 24.4. The number of carbonyl (C=O) groups is 8. The summed E-state index contributed by atoms with van der Waals surface area (Å²) in [6.45, 7) is 9.32. The number of benzene rings is 4. The lowest BCUT2D eigenvalue weighted by Crippen LogP contribution is -2.36. The summed E-state index contributed by atoms with van der Waals surface area (Å²) < 4.78 is 62.2. The molecule has 0 aromatic heterocycles. The van der Waals surface area contributed by atoms with E-state index in [0.29, 0.717) is 36.8 Å². The molecule has 4 aromatic carbocycles. The Bertz CT molecular complexity index is 2500. The Kier molecular flexibility index (Phi) is 21.5. The van der Waals surface area contributed by atoms with E-state index in [9.17, 15) is 38.4 Å². The van der Waals surface area contributed by atoms with E-state index in [1.54, 1.807) is 12.1 Å². The Balaban J connectivity index is 0.000000351. The van der Waals surface area contributed by atoms with Crippen LogP contribution in [0.4, 0.5) is 9.59 Å². The van der Waals surface area contributed by atoms with Crippen LogP contribution in [0.5, 0.6) is 17.2 Å². The SMILES string of the molecule is C=CC(=O)OCCCCOC(=O)Oc1ccc(C(=O)OC)cc1.C=CC(=O)OCCCCOC(=O)Oc1ccc(C(=O)Oc2ccc(C(=O)OC3CO[C@@H]4[C@@H](OC(=O)c5ccc(C)cc5)CO[C@H]34)cc2)cc1. The van der Waals surface area contributed by atoms with E-state index in [2.05, 4.69) is 17.9 Å². The van der Waals surface area contributed by atoms with Gasteiger partial charge in [0.15, 0.2) is 12.2 Å². The fraction of sp³-hybridized carbons (Fsp3) is 0.308. The van der Waals surface area contributed by atoms with Crippen molar-refractivity contribution in [2.45, 2.75) is 57.0 Å². The standard InChI is InChI=1S/C36H34O13.C16H18O7/c1-3-30(37)42-18-4-5-19-43-36(41)47-27-16-12-24(13-17-27)33(38)46-26-14-10-25(11-15-26)35(40)49-29-21-45-31-28(20-44-32(29)31)48-34(39)23-8-6-22(2)7-9-23;1-3-14(17)21-10-4-5-11-22-16(19)23-13-8-6-12(7-9-13)15(18)20-2/h3,6-17,28-29,31-32H,1,4-5,18-21H2,2H3;3,6-9H,1,4-5,10-11H2,2H3/t28-,29?,31+,32+;/m0./s1. The van der Waals surface area contributed by atoms with Gasteiger partial charge in [0.05, 0.1) is 69.0 Å². The first-order chi connectivity index (χ1) is 34.8. The zero-order chi connectivity index (χ0) is 51.8. The molecule has 20 heteroatoms. The second-order valence-electron chi connectivity index (χ2n) is 15.4. The van der Waals surface area contributed by atoms with E-state index in [1.165, 1.54) is 79.9 Å². The van der Waals surface area contributed by atoms with Crippen LogP contribution in [0.25, 0.3) is 0 Å². The second-order valence-corrected chi connectivity index (χ2v) is 15.4. The fourth-order valence-corrected chi connectivity index (χ4v) is 6.43. The van der Waals surface area contributed by atoms with Crippen molar-refractivity contribution in [2.75, 3.05) is 46.8 Å². The summed E-state index contributed by atoms with van der Waals surface area (Å²) in [5, 5.41) is 0. The Morgan fingerprint density at radius 3 is 1.18 bits per heavy atom. The van der Waals surface area contributed by atoms with Crippen molar-refractivity contribution in [3.8, 4) is 17.2 Å². The van der Waals surface area contributed by atoms with Gasteiger partial charge in [0.2, 0.25) is 0 Å². The number of fused-ring (bicyclic) bond motifs is 1. The molecule has 380 valence electrons. The molecule has 0 aliphatic carbocycles. The molecule has 2 aliphatic rings. The molecule has 0 spiro atoms. The predicted octanol–water partition coefficient (Wildman–Crippen LogP) is 7.29. The lowest BCUT2D eigenvalue weighted by molar-refractivity contribution is -0.138. The molecule has 0 bridgehead atoms. The number of hydrogen-bond acceptors (Lipinski definition) is 20. The first kappa shape index (κ1) is 54.6. The van der Waals surface area contributed by atoms with E-state index in [0.717, 1.165) is 17.7 Å². The van der Waals surface area contributed by atoms with Crippen molar-refractivity contribution in [1.29, 1.82) is 0 Å². The molecule has 0 radical (unpaired) electrons. The van der Waals surface area contributed by atoms with Crippen LogP contribution in [0.3, 0.4) is 0 Å². The number of aryl methyl sites for hydroxylation is 1. The van der Waals surface area contributed by atoms with Gasteiger partial charge in [-0.1, -0.05) is 30.9 Å². The van der Waals surface area contributed by atoms with Gasteiger partial charge < -0.3 is 56.8 Å². The number of hydrogen-bond donors (Lipinski definition) is 0. The lowest BCUT2D eigenvalue weighted by Gasteiger charge is -2.17. The molecule has 2 saturated heterocycles. The maximum atomic E-state index is 12.9. The highest BCUT2D eigenvalue weighted by Crippen LogP contribution is 2.32. The van der Waals surface area contributed by atoms with Gasteiger partial charge in [-0.2, -0.15) is 0 Å². The summed E-state index contributed by atoms with van der Waals surface area (Å²) in [7, 11) is 1.28. The van der Waals surface area contributed by atoms with Crippen molar-refractivity contribution in [3.05, 3.63) is 150 Å². The minimum absolute atomic E-state index is 0.0736. The van der Waals surface area contributed by atoms with E-state index in [1.807, 2.05) is 19.1 Å². The molecule has 72 heavy (non-hydrogen) atoms. The molecule has 20 nitrogen and oxygen atoms in total. The van der Waals surface area contributed by atoms with E-state index in [-0.39, 0.29) is 68.0 Å². The third kappa shape index (κ3) is 17.6. The van der Waals surface area contributed by atoms with Gasteiger partial charge in [-0.3, -0.25) is 0 Å². The topological polar surface area (TPSA) is 247 Å². The maximum absolute atomic E-state index is 12.9. The predicted molar refractivity (Wildman–Crippen MR) is 249 cm³/mol. The Morgan fingerprint density at radius 2 is 0.806 bits per heavy atom. The fourth-order valence-electron chi connectivity index (χ4n) is 6.43. The third-order valence-corrected chi connectivity index (χ3v) is 10.2. The maximum Gasteiger partial charge on any atom is 0.513 e. The highest BCUT2D eigenvalue weighted by Gasteiger charge is 2.51. The van der Waals surface area contributed by atoms with E-state index >= 15 is 0 Å². The average Bonchev–Trinajstić information content (AvgIpc) is 3.98. The third-order valence-electron chi connectivity index (χ3n) is 10.2. The molecular weight excluding hydrogens is 945 g/mol. The van der Waals surface area contributed by atoms with Gasteiger partial charge in [-0.25, -0.2) is 38.4 Å². The second kappa shape index (κ2) is 28.3. The van der Waals surface area contributed by atoms with Crippen LogP contribution in [0.15, 0.2) is 122 Å². The summed E-state index contributed by atoms with van der Waals surface area (Å²) >= 11 is 0. The number of ether oxygens (including phenoxy) is 12. The van der Waals surface area contributed by atoms with Crippen LogP contribution in [0, 0.1) is 6.92 Å². The Labute approximate surface area is 413 Å². The number of rotatable bonds is 21. The van der Waals surface area contributed by atoms with Crippen molar-refractivity contribution in [3.63, 3.8) is 0 Å². The molecule has 0 amide bonds. The lowest BCUT2D eigenvalue weighted by atomic mass is 10.1. The first-order valence-electron chi connectivity index (χ1n) is 22.4. The van der Waals surface area contributed by atoms with Gasteiger partial charge in [-0.05, 0) is 118 Å². The normalized spacial score (nSPS) is 16.1. The number of esters is 6. The Hall–Kier alpha value is -8.36. The van der Waals surface area contributed by atoms with Gasteiger partial charge in [0, 0.05) is 12.2 Å². The minimum atomic E-state index is -0.920. The highest BCUT2D eigenvalue weighted by molar-refractivity contribution is 5.92. The smallest absolute Gasteiger partial charge is 0.465 e. The summed E-state index contributed by atoms with van der Waals surface area (Å²) in [5.41, 5.74) is 2.19.